The number of nitrogens with zero attached hydrogens (tertiary/aromatic N) is 5. The predicted molar refractivity (Wildman–Crippen MR) is 100 cm³/mol. The minimum absolute atomic E-state index is 0.0158. The molecule has 140 valence electrons. The van der Waals surface area contributed by atoms with Crippen molar-refractivity contribution >= 4 is 23.2 Å². The number of rotatable bonds is 4. The zero-order valence-corrected chi connectivity index (χ0v) is 16.3. The topological polar surface area (TPSA) is 71.3 Å². The van der Waals surface area contributed by atoms with E-state index in [0.717, 1.165) is 18.5 Å². The summed E-state index contributed by atoms with van der Waals surface area (Å²) in [7, 11) is 1.81. The number of hydrogen-bond donors (Lipinski definition) is 0. The number of amides is 2. The summed E-state index contributed by atoms with van der Waals surface area (Å²) in [6.45, 7) is 6.62. The molecular weight excluding hydrogens is 350 g/mol. The van der Waals surface area contributed by atoms with Gasteiger partial charge in [0.15, 0.2) is 0 Å². The first-order valence-electron chi connectivity index (χ1n) is 8.95. The molecule has 2 aromatic heterocycles. The van der Waals surface area contributed by atoms with Crippen molar-refractivity contribution in [3.8, 4) is 0 Å². The Bertz CT molecular complexity index is 769. The lowest BCUT2D eigenvalue weighted by Crippen LogP contribution is -2.38. The van der Waals surface area contributed by atoms with Crippen LogP contribution in [0.3, 0.4) is 0 Å². The van der Waals surface area contributed by atoms with Crippen molar-refractivity contribution in [2.75, 3.05) is 26.2 Å². The number of carbonyl (C=O) groups excluding carboxylic acids is 2. The lowest BCUT2D eigenvalue weighted by Gasteiger charge is -2.21. The molecule has 1 aliphatic heterocycles. The van der Waals surface area contributed by atoms with E-state index in [1.165, 1.54) is 11.3 Å². The second-order valence-electron chi connectivity index (χ2n) is 7.05. The van der Waals surface area contributed by atoms with Gasteiger partial charge in [-0.2, -0.15) is 5.10 Å². The minimum atomic E-state index is -0.0553. The van der Waals surface area contributed by atoms with Gasteiger partial charge < -0.3 is 9.80 Å². The summed E-state index contributed by atoms with van der Waals surface area (Å²) >= 11 is 1.41. The normalized spacial score (nSPS) is 15.4. The molecule has 26 heavy (non-hydrogen) atoms. The maximum atomic E-state index is 12.9. The predicted octanol–water partition coefficient (Wildman–Crippen LogP) is 2.06. The average molecular weight is 375 g/mol. The molecule has 2 amide bonds. The molecule has 0 bridgehead atoms. The summed E-state index contributed by atoms with van der Waals surface area (Å²) in [6, 6.07) is 1.89. The Morgan fingerprint density at radius 2 is 1.85 bits per heavy atom. The molecule has 0 saturated carbocycles. The quantitative estimate of drug-likeness (QED) is 0.820. The van der Waals surface area contributed by atoms with Gasteiger partial charge in [0.2, 0.25) is 0 Å². The second kappa shape index (κ2) is 7.99. The van der Waals surface area contributed by atoms with Crippen LogP contribution in [0.5, 0.6) is 0 Å². The molecule has 0 N–H and O–H groups in total. The fraction of sp³-hybridized carbons (Fsp3) is 0.556. The van der Waals surface area contributed by atoms with Crippen LogP contribution in [-0.2, 0) is 13.5 Å². The van der Waals surface area contributed by atoms with Crippen LogP contribution in [0.4, 0.5) is 0 Å². The smallest absolute Gasteiger partial charge is 0.273 e. The molecule has 0 aromatic carbocycles. The van der Waals surface area contributed by atoms with Crippen LogP contribution in [0.1, 0.15) is 46.9 Å². The van der Waals surface area contributed by atoms with Crippen LogP contribution in [0, 0.1) is 5.92 Å². The van der Waals surface area contributed by atoms with Gasteiger partial charge in [0.1, 0.15) is 11.4 Å². The Kier molecular flexibility index (Phi) is 5.70. The molecule has 0 spiro atoms. The lowest BCUT2D eigenvalue weighted by atomic mass is 10.1. The van der Waals surface area contributed by atoms with E-state index in [9.17, 15) is 9.59 Å². The summed E-state index contributed by atoms with van der Waals surface area (Å²) in [4.78, 5) is 33.1. The zero-order valence-electron chi connectivity index (χ0n) is 15.5. The van der Waals surface area contributed by atoms with Crippen LogP contribution < -0.4 is 0 Å². The summed E-state index contributed by atoms with van der Waals surface area (Å²) in [6.07, 6.45) is 1.62. The molecular formula is C18H25N5O2S. The highest BCUT2D eigenvalue weighted by Crippen LogP contribution is 2.14. The number of thiazole rings is 1. The lowest BCUT2D eigenvalue weighted by molar-refractivity contribution is 0.0710. The van der Waals surface area contributed by atoms with Crippen molar-refractivity contribution in [2.45, 2.75) is 26.7 Å². The van der Waals surface area contributed by atoms with Gasteiger partial charge in [-0.15, -0.1) is 11.3 Å². The van der Waals surface area contributed by atoms with Crippen molar-refractivity contribution in [1.82, 2.24) is 24.6 Å². The molecule has 1 fully saturated rings. The van der Waals surface area contributed by atoms with Gasteiger partial charge in [0, 0.05) is 38.6 Å². The van der Waals surface area contributed by atoms with Gasteiger partial charge >= 0.3 is 0 Å². The van der Waals surface area contributed by atoms with E-state index in [1.54, 1.807) is 20.5 Å². The number of carbonyl (C=O) groups is 2. The molecule has 0 unspecified atom stereocenters. The molecule has 8 heteroatoms. The zero-order chi connectivity index (χ0) is 18.7. The monoisotopic (exact) mass is 375 g/mol. The number of aryl methyl sites for hydroxylation is 1. The molecule has 0 radical (unpaired) electrons. The Hall–Kier alpha value is -2.22. The Balaban J connectivity index is 1.66. The van der Waals surface area contributed by atoms with Crippen molar-refractivity contribution in [2.24, 2.45) is 13.0 Å². The van der Waals surface area contributed by atoms with E-state index in [4.69, 9.17) is 0 Å². The van der Waals surface area contributed by atoms with Crippen molar-refractivity contribution in [3.63, 3.8) is 0 Å². The molecule has 3 heterocycles. The van der Waals surface area contributed by atoms with Crippen LogP contribution >= 0.6 is 11.3 Å². The largest absolute Gasteiger partial charge is 0.335 e. The van der Waals surface area contributed by atoms with Gasteiger partial charge in [-0.3, -0.25) is 14.3 Å². The number of aromatic nitrogens is 3. The van der Waals surface area contributed by atoms with Crippen molar-refractivity contribution in [1.29, 1.82) is 0 Å². The maximum absolute atomic E-state index is 12.9. The van der Waals surface area contributed by atoms with Gasteiger partial charge in [-0.25, -0.2) is 4.98 Å². The molecule has 1 aliphatic rings. The highest BCUT2D eigenvalue weighted by Gasteiger charge is 2.26. The molecule has 7 nitrogen and oxygen atoms in total. The SMILES string of the molecule is CC(C)Cc1cc(C(=O)N2CCCN(C(=O)c3cscn3)CC2)n(C)n1. The van der Waals surface area contributed by atoms with E-state index in [1.807, 2.05) is 18.0 Å². The number of hydrogen-bond acceptors (Lipinski definition) is 5. The fourth-order valence-corrected chi connectivity index (χ4v) is 3.74. The van der Waals surface area contributed by atoms with Gasteiger partial charge in [0.25, 0.3) is 11.8 Å². The highest BCUT2D eigenvalue weighted by molar-refractivity contribution is 7.07. The van der Waals surface area contributed by atoms with Crippen LogP contribution in [0.15, 0.2) is 17.0 Å². The van der Waals surface area contributed by atoms with E-state index < -0.39 is 0 Å². The van der Waals surface area contributed by atoms with E-state index in [0.29, 0.717) is 43.5 Å². The van der Waals surface area contributed by atoms with E-state index in [-0.39, 0.29) is 11.8 Å². The van der Waals surface area contributed by atoms with Crippen LogP contribution in [0.2, 0.25) is 0 Å². The van der Waals surface area contributed by atoms with Gasteiger partial charge in [-0.05, 0) is 24.8 Å². The first kappa shape index (κ1) is 18.6. The van der Waals surface area contributed by atoms with Crippen molar-refractivity contribution < 1.29 is 9.59 Å². The Morgan fingerprint density at radius 1 is 1.15 bits per heavy atom. The average Bonchev–Trinajstić information content (AvgIpc) is 3.17. The standard InChI is InChI=1S/C18H25N5O2S/c1-13(2)9-14-10-16(21(3)20-14)18(25)23-6-4-5-22(7-8-23)17(24)15-11-26-12-19-15/h10-13H,4-9H2,1-3H3. The van der Waals surface area contributed by atoms with Crippen molar-refractivity contribution in [3.05, 3.63) is 34.0 Å². The third kappa shape index (κ3) is 4.12. The Morgan fingerprint density at radius 3 is 2.46 bits per heavy atom. The Labute approximate surface area is 157 Å². The maximum Gasteiger partial charge on any atom is 0.273 e. The van der Waals surface area contributed by atoms with Crippen LogP contribution in [0.25, 0.3) is 0 Å². The second-order valence-corrected chi connectivity index (χ2v) is 7.77. The summed E-state index contributed by atoms with van der Waals surface area (Å²) in [5.41, 5.74) is 3.71. The summed E-state index contributed by atoms with van der Waals surface area (Å²) in [5, 5.41) is 6.23. The molecule has 3 rings (SSSR count). The molecule has 0 aliphatic carbocycles. The molecule has 1 saturated heterocycles. The fourth-order valence-electron chi connectivity index (χ4n) is 3.21. The first-order valence-corrected chi connectivity index (χ1v) is 9.89. The third-order valence-electron chi connectivity index (χ3n) is 4.49. The molecule has 2 aromatic rings. The van der Waals surface area contributed by atoms with E-state index >= 15 is 0 Å². The highest BCUT2D eigenvalue weighted by atomic mass is 32.1. The van der Waals surface area contributed by atoms with Gasteiger partial charge in [-0.1, -0.05) is 13.8 Å². The summed E-state index contributed by atoms with van der Waals surface area (Å²) in [5.74, 6) is 0.426. The minimum Gasteiger partial charge on any atom is -0.335 e. The first-order chi connectivity index (χ1) is 12.5. The van der Waals surface area contributed by atoms with Gasteiger partial charge in [0.05, 0.1) is 11.2 Å². The molecule has 0 atom stereocenters. The summed E-state index contributed by atoms with van der Waals surface area (Å²) < 4.78 is 1.67. The van der Waals surface area contributed by atoms with E-state index in [2.05, 4.69) is 23.9 Å². The van der Waals surface area contributed by atoms with Crippen LogP contribution in [-0.4, -0.2) is 62.6 Å². The third-order valence-corrected chi connectivity index (χ3v) is 5.08.